The molecule has 1 aromatic carbocycles. The topological polar surface area (TPSA) is 87.8 Å². The summed E-state index contributed by atoms with van der Waals surface area (Å²) in [5.41, 5.74) is 7.96. The van der Waals surface area contributed by atoms with Crippen LogP contribution in [0.4, 0.5) is 5.69 Å². The third-order valence-electron chi connectivity index (χ3n) is 3.81. The number of imide groups is 1. The van der Waals surface area contributed by atoms with Gasteiger partial charge in [0.25, 0.3) is 0 Å². The second kappa shape index (κ2) is 7.76. The maximum Gasteiger partial charge on any atom is 0.229 e. The van der Waals surface area contributed by atoms with E-state index >= 15 is 0 Å². The fraction of sp³-hybridized carbons (Fsp3) is 0.471. The van der Waals surface area contributed by atoms with Gasteiger partial charge in [0.1, 0.15) is 0 Å². The molecule has 0 unspecified atom stereocenters. The first-order chi connectivity index (χ1) is 11.0. The number of nitrogens with zero attached hydrogens (tertiary/aromatic N) is 2. The van der Waals surface area contributed by atoms with Gasteiger partial charge in [0.15, 0.2) is 5.96 Å². The number of piperidine rings is 1. The lowest BCUT2D eigenvalue weighted by atomic mass is 10.0. The smallest absolute Gasteiger partial charge is 0.229 e. The van der Waals surface area contributed by atoms with Crippen LogP contribution >= 0.6 is 0 Å². The third kappa shape index (κ3) is 4.81. The van der Waals surface area contributed by atoms with Crippen molar-refractivity contribution in [3.63, 3.8) is 0 Å². The lowest BCUT2D eigenvalue weighted by Crippen LogP contribution is -2.41. The van der Waals surface area contributed by atoms with E-state index in [2.05, 4.69) is 30.2 Å². The number of hydrogen-bond donors (Lipinski definition) is 2. The van der Waals surface area contributed by atoms with Gasteiger partial charge >= 0.3 is 0 Å². The van der Waals surface area contributed by atoms with Crippen molar-refractivity contribution >= 4 is 23.5 Å². The van der Waals surface area contributed by atoms with Crippen molar-refractivity contribution in [2.75, 3.05) is 18.4 Å². The minimum atomic E-state index is -0.118. The number of nitrogens with one attached hydrogen (secondary N) is 1. The number of carbonyl (C=O) groups excluding carboxylic acids is 2. The average molecular weight is 316 g/mol. The van der Waals surface area contributed by atoms with E-state index < -0.39 is 0 Å². The van der Waals surface area contributed by atoms with E-state index in [1.807, 2.05) is 18.2 Å². The Bertz CT molecular complexity index is 594. The SMILES string of the molecule is CC(C)c1cccc(NC(N)=NCCN2C(=O)CCCC2=O)c1. The Labute approximate surface area is 136 Å². The van der Waals surface area contributed by atoms with Gasteiger partial charge in [0.2, 0.25) is 11.8 Å². The quantitative estimate of drug-likeness (QED) is 0.494. The minimum Gasteiger partial charge on any atom is -0.370 e. The number of benzene rings is 1. The Morgan fingerprint density at radius 2 is 2.00 bits per heavy atom. The van der Waals surface area contributed by atoms with Crippen molar-refractivity contribution in [3.05, 3.63) is 29.8 Å². The molecule has 6 nitrogen and oxygen atoms in total. The summed E-state index contributed by atoms with van der Waals surface area (Å²) in [6, 6.07) is 7.99. The maximum atomic E-state index is 11.7. The lowest BCUT2D eigenvalue weighted by Gasteiger charge is -2.24. The third-order valence-corrected chi connectivity index (χ3v) is 3.81. The number of aliphatic imine (C=N–C) groups is 1. The molecule has 6 heteroatoms. The molecule has 0 radical (unpaired) electrons. The van der Waals surface area contributed by atoms with E-state index in [-0.39, 0.29) is 24.3 Å². The van der Waals surface area contributed by atoms with Crippen LogP contribution in [0.25, 0.3) is 0 Å². The minimum absolute atomic E-state index is 0.118. The Hall–Kier alpha value is -2.37. The number of carbonyl (C=O) groups is 2. The fourth-order valence-corrected chi connectivity index (χ4v) is 2.48. The number of anilines is 1. The van der Waals surface area contributed by atoms with Gasteiger partial charge in [-0.05, 0) is 30.0 Å². The average Bonchev–Trinajstić information content (AvgIpc) is 2.50. The normalized spacial score (nSPS) is 16.1. The first-order valence-corrected chi connectivity index (χ1v) is 7.97. The summed E-state index contributed by atoms with van der Waals surface area (Å²) >= 11 is 0. The van der Waals surface area contributed by atoms with Crippen LogP contribution < -0.4 is 11.1 Å². The zero-order valence-corrected chi connectivity index (χ0v) is 13.7. The van der Waals surface area contributed by atoms with Crippen molar-refractivity contribution in [1.29, 1.82) is 0 Å². The Morgan fingerprint density at radius 1 is 1.30 bits per heavy atom. The first-order valence-electron chi connectivity index (χ1n) is 7.97. The first kappa shape index (κ1) is 17.0. The Kier molecular flexibility index (Phi) is 5.73. The highest BCUT2D eigenvalue weighted by atomic mass is 16.2. The van der Waals surface area contributed by atoms with E-state index in [9.17, 15) is 9.59 Å². The molecule has 0 aromatic heterocycles. The Morgan fingerprint density at radius 3 is 2.65 bits per heavy atom. The van der Waals surface area contributed by atoms with Gasteiger partial charge < -0.3 is 11.1 Å². The van der Waals surface area contributed by atoms with Crippen molar-refractivity contribution in [2.45, 2.75) is 39.0 Å². The van der Waals surface area contributed by atoms with Crippen LogP contribution in [0.5, 0.6) is 0 Å². The number of rotatable bonds is 5. The summed E-state index contributed by atoms with van der Waals surface area (Å²) in [5, 5.41) is 3.04. The van der Waals surface area contributed by atoms with Crippen LogP contribution in [-0.2, 0) is 9.59 Å². The van der Waals surface area contributed by atoms with Crippen molar-refractivity contribution in [1.82, 2.24) is 4.90 Å². The molecule has 1 aliphatic rings. The molecule has 2 rings (SSSR count). The highest BCUT2D eigenvalue weighted by molar-refractivity contribution is 5.97. The van der Waals surface area contributed by atoms with E-state index in [0.717, 1.165) is 5.69 Å². The van der Waals surface area contributed by atoms with Crippen molar-refractivity contribution in [3.8, 4) is 0 Å². The molecule has 0 saturated carbocycles. The van der Waals surface area contributed by atoms with Gasteiger partial charge in [0, 0.05) is 25.1 Å². The summed E-state index contributed by atoms with van der Waals surface area (Å²) in [5.74, 6) is 0.481. The number of guanidine groups is 1. The van der Waals surface area contributed by atoms with Crippen LogP contribution in [-0.4, -0.2) is 35.8 Å². The molecule has 2 amide bonds. The highest BCUT2D eigenvalue weighted by Crippen LogP contribution is 2.18. The molecule has 124 valence electrons. The van der Waals surface area contributed by atoms with E-state index in [1.54, 1.807) is 0 Å². The van der Waals surface area contributed by atoms with Gasteiger partial charge in [-0.2, -0.15) is 0 Å². The number of hydrogen-bond acceptors (Lipinski definition) is 3. The summed E-state index contributed by atoms with van der Waals surface area (Å²) in [7, 11) is 0. The zero-order chi connectivity index (χ0) is 16.8. The molecule has 1 fully saturated rings. The highest BCUT2D eigenvalue weighted by Gasteiger charge is 2.24. The molecule has 1 heterocycles. The summed E-state index contributed by atoms with van der Waals surface area (Å²) in [6.45, 7) is 4.85. The van der Waals surface area contributed by atoms with Gasteiger partial charge in [-0.3, -0.25) is 19.5 Å². The lowest BCUT2D eigenvalue weighted by molar-refractivity contribution is -0.147. The zero-order valence-electron chi connectivity index (χ0n) is 13.7. The number of likely N-dealkylation sites (tertiary alicyclic amines) is 1. The largest absolute Gasteiger partial charge is 0.370 e. The molecule has 1 aromatic rings. The summed E-state index contributed by atoms with van der Waals surface area (Å²) in [4.78, 5) is 28.8. The Balaban J connectivity index is 1.89. The van der Waals surface area contributed by atoms with Gasteiger partial charge in [-0.25, -0.2) is 0 Å². The molecule has 1 aliphatic heterocycles. The van der Waals surface area contributed by atoms with Crippen LogP contribution in [0.1, 0.15) is 44.6 Å². The monoisotopic (exact) mass is 316 g/mol. The second-order valence-corrected chi connectivity index (χ2v) is 5.96. The van der Waals surface area contributed by atoms with Gasteiger partial charge in [0.05, 0.1) is 6.54 Å². The number of amides is 2. The predicted molar refractivity (Wildman–Crippen MR) is 91.2 cm³/mol. The summed E-state index contributed by atoms with van der Waals surface area (Å²) < 4.78 is 0. The molecule has 23 heavy (non-hydrogen) atoms. The van der Waals surface area contributed by atoms with Crippen LogP contribution in [0.15, 0.2) is 29.3 Å². The second-order valence-electron chi connectivity index (χ2n) is 5.96. The molecular formula is C17H24N4O2. The molecule has 0 atom stereocenters. The van der Waals surface area contributed by atoms with E-state index in [0.29, 0.717) is 31.7 Å². The molecule has 0 aliphatic carbocycles. The van der Waals surface area contributed by atoms with Crippen LogP contribution in [0.3, 0.4) is 0 Å². The molecule has 0 spiro atoms. The van der Waals surface area contributed by atoms with E-state index in [4.69, 9.17) is 5.73 Å². The maximum absolute atomic E-state index is 11.7. The standard InChI is InChI=1S/C17H24N4O2/c1-12(2)13-5-3-6-14(11-13)20-17(18)19-9-10-21-15(22)7-4-8-16(21)23/h3,5-6,11-12H,4,7-10H2,1-2H3,(H3,18,19,20). The van der Waals surface area contributed by atoms with Gasteiger partial charge in [-0.1, -0.05) is 26.0 Å². The van der Waals surface area contributed by atoms with Crippen LogP contribution in [0.2, 0.25) is 0 Å². The molecule has 3 N–H and O–H groups in total. The molecule has 1 saturated heterocycles. The van der Waals surface area contributed by atoms with Crippen molar-refractivity contribution in [2.24, 2.45) is 10.7 Å². The predicted octanol–water partition coefficient (Wildman–Crippen LogP) is 2.08. The molecule has 0 bridgehead atoms. The van der Waals surface area contributed by atoms with Gasteiger partial charge in [-0.15, -0.1) is 0 Å². The van der Waals surface area contributed by atoms with E-state index in [1.165, 1.54) is 10.5 Å². The molecular weight excluding hydrogens is 292 g/mol. The number of nitrogens with two attached hydrogens (primary N) is 1. The van der Waals surface area contributed by atoms with Crippen molar-refractivity contribution < 1.29 is 9.59 Å². The summed E-state index contributed by atoms with van der Waals surface area (Å²) in [6.07, 6.45) is 1.52. The fourth-order valence-electron chi connectivity index (χ4n) is 2.48. The van der Waals surface area contributed by atoms with Crippen LogP contribution in [0, 0.1) is 0 Å².